The molecular formula is C20H19FN2O3S. The molecule has 0 aromatic heterocycles. The highest BCUT2D eigenvalue weighted by Gasteiger charge is 2.21. The fourth-order valence-corrected chi connectivity index (χ4v) is 3.71. The van der Waals surface area contributed by atoms with Crippen LogP contribution in [0.3, 0.4) is 0 Å². The predicted molar refractivity (Wildman–Crippen MR) is 104 cm³/mol. The van der Waals surface area contributed by atoms with E-state index in [1.54, 1.807) is 0 Å². The molecule has 140 valence electrons. The average molecular weight is 386 g/mol. The van der Waals surface area contributed by atoms with Crippen LogP contribution >= 0.6 is 0 Å². The lowest BCUT2D eigenvalue weighted by Gasteiger charge is -2.22. The number of hydrogen-bond donors (Lipinski definition) is 1. The molecule has 0 heterocycles. The molecule has 3 aromatic carbocycles. The molecule has 0 aliphatic carbocycles. The topological polar surface area (TPSA) is 66.5 Å². The number of carbonyl (C=O) groups is 1. The van der Waals surface area contributed by atoms with Crippen LogP contribution < -0.4 is 9.62 Å². The van der Waals surface area contributed by atoms with Crippen LogP contribution in [0, 0.1) is 5.82 Å². The van der Waals surface area contributed by atoms with Crippen molar-refractivity contribution in [3.63, 3.8) is 0 Å². The Bertz CT molecular complexity index is 1080. The third-order valence-electron chi connectivity index (χ3n) is 4.14. The number of nitrogens with one attached hydrogen (secondary N) is 1. The van der Waals surface area contributed by atoms with E-state index in [-0.39, 0.29) is 12.2 Å². The number of halogens is 1. The van der Waals surface area contributed by atoms with Gasteiger partial charge in [-0.2, -0.15) is 0 Å². The van der Waals surface area contributed by atoms with Crippen LogP contribution in [0.1, 0.15) is 5.56 Å². The van der Waals surface area contributed by atoms with E-state index in [4.69, 9.17) is 0 Å². The molecule has 5 nitrogen and oxygen atoms in total. The van der Waals surface area contributed by atoms with Crippen LogP contribution in [0.5, 0.6) is 0 Å². The van der Waals surface area contributed by atoms with E-state index in [0.717, 1.165) is 33.0 Å². The summed E-state index contributed by atoms with van der Waals surface area (Å²) in [6.45, 7) is -0.159. The number of rotatable bonds is 6. The molecule has 0 fully saturated rings. The van der Waals surface area contributed by atoms with Gasteiger partial charge in [0.25, 0.3) is 0 Å². The minimum atomic E-state index is -3.74. The highest BCUT2D eigenvalue weighted by Crippen LogP contribution is 2.19. The summed E-state index contributed by atoms with van der Waals surface area (Å²) in [4.78, 5) is 12.4. The van der Waals surface area contributed by atoms with Crippen molar-refractivity contribution in [1.29, 1.82) is 0 Å². The SMILES string of the molecule is CS(=O)(=O)N(CC(=O)NCc1cccc2ccccc12)c1cccc(F)c1. The van der Waals surface area contributed by atoms with Gasteiger partial charge in [-0.1, -0.05) is 48.5 Å². The van der Waals surface area contributed by atoms with E-state index < -0.39 is 28.3 Å². The highest BCUT2D eigenvalue weighted by atomic mass is 32.2. The quantitative estimate of drug-likeness (QED) is 0.708. The molecule has 0 aliphatic rings. The standard InChI is InChI=1S/C20H19FN2O3S/c1-27(25,26)23(18-10-5-9-17(21)12-18)14-20(24)22-13-16-8-4-7-15-6-2-3-11-19(15)16/h2-12H,13-14H2,1H3,(H,22,24). The zero-order chi connectivity index (χ0) is 19.4. The van der Waals surface area contributed by atoms with Crippen molar-refractivity contribution >= 4 is 32.4 Å². The normalized spacial score (nSPS) is 11.3. The minimum Gasteiger partial charge on any atom is -0.350 e. The summed E-state index contributed by atoms with van der Waals surface area (Å²) in [7, 11) is -3.74. The van der Waals surface area contributed by atoms with Gasteiger partial charge in [0.15, 0.2) is 0 Å². The highest BCUT2D eigenvalue weighted by molar-refractivity contribution is 7.92. The Labute approximate surface area is 157 Å². The molecule has 1 amide bonds. The Morgan fingerprint density at radius 3 is 2.48 bits per heavy atom. The lowest BCUT2D eigenvalue weighted by atomic mass is 10.0. The third-order valence-corrected chi connectivity index (χ3v) is 5.28. The van der Waals surface area contributed by atoms with Crippen molar-refractivity contribution in [3.05, 3.63) is 78.1 Å². The Kier molecular flexibility index (Phi) is 5.41. The molecule has 0 radical (unpaired) electrons. The minimum absolute atomic E-state index is 0.109. The van der Waals surface area contributed by atoms with Crippen LogP contribution in [0.15, 0.2) is 66.7 Å². The first-order valence-electron chi connectivity index (χ1n) is 8.31. The number of fused-ring (bicyclic) bond motifs is 1. The Hall–Kier alpha value is -2.93. The third kappa shape index (κ3) is 4.62. The first kappa shape index (κ1) is 18.8. The summed E-state index contributed by atoms with van der Waals surface area (Å²) in [5.74, 6) is -1.05. The first-order valence-corrected chi connectivity index (χ1v) is 10.2. The van der Waals surface area contributed by atoms with E-state index in [9.17, 15) is 17.6 Å². The van der Waals surface area contributed by atoms with Gasteiger partial charge >= 0.3 is 0 Å². The fourth-order valence-electron chi connectivity index (χ4n) is 2.86. The van der Waals surface area contributed by atoms with Gasteiger partial charge in [0.2, 0.25) is 15.9 Å². The summed E-state index contributed by atoms with van der Waals surface area (Å²) < 4.78 is 38.4. The van der Waals surface area contributed by atoms with Crippen LogP contribution in [-0.2, 0) is 21.4 Å². The molecule has 3 rings (SSSR count). The maximum Gasteiger partial charge on any atom is 0.241 e. The lowest BCUT2D eigenvalue weighted by molar-refractivity contribution is -0.119. The zero-order valence-corrected chi connectivity index (χ0v) is 15.5. The van der Waals surface area contributed by atoms with E-state index in [2.05, 4.69) is 5.32 Å². The van der Waals surface area contributed by atoms with Gasteiger partial charge < -0.3 is 5.32 Å². The molecule has 27 heavy (non-hydrogen) atoms. The van der Waals surface area contributed by atoms with Gasteiger partial charge in [-0.15, -0.1) is 0 Å². The molecule has 1 N–H and O–H groups in total. The van der Waals surface area contributed by atoms with Gasteiger partial charge in [0, 0.05) is 6.54 Å². The first-order chi connectivity index (χ1) is 12.8. The molecule has 3 aromatic rings. The summed E-state index contributed by atoms with van der Waals surface area (Å²) in [5, 5.41) is 4.82. The summed E-state index contributed by atoms with van der Waals surface area (Å²) >= 11 is 0. The molecule has 0 spiro atoms. The molecule has 0 atom stereocenters. The predicted octanol–water partition coefficient (Wildman–Crippen LogP) is 3.06. The van der Waals surface area contributed by atoms with E-state index in [1.165, 1.54) is 18.2 Å². The van der Waals surface area contributed by atoms with Crippen molar-refractivity contribution in [3.8, 4) is 0 Å². The number of sulfonamides is 1. The second-order valence-corrected chi connectivity index (χ2v) is 8.07. The van der Waals surface area contributed by atoms with Gasteiger partial charge in [0.05, 0.1) is 11.9 Å². The second-order valence-electron chi connectivity index (χ2n) is 6.16. The lowest BCUT2D eigenvalue weighted by Crippen LogP contribution is -2.40. The second kappa shape index (κ2) is 7.75. The Morgan fingerprint density at radius 2 is 1.74 bits per heavy atom. The number of carbonyl (C=O) groups excluding carboxylic acids is 1. The molecule has 0 saturated heterocycles. The van der Waals surface area contributed by atoms with E-state index in [1.807, 2.05) is 42.5 Å². The molecule has 0 bridgehead atoms. The number of anilines is 1. The number of nitrogens with zero attached hydrogens (tertiary/aromatic N) is 1. The van der Waals surface area contributed by atoms with E-state index in [0.29, 0.717) is 0 Å². The smallest absolute Gasteiger partial charge is 0.241 e. The van der Waals surface area contributed by atoms with Gasteiger partial charge in [-0.25, -0.2) is 12.8 Å². The van der Waals surface area contributed by atoms with Crippen LogP contribution in [0.4, 0.5) is 10.1 Å². The molecule has 0 aliphatic heterocycles. The van der Waals surface area contributed by atoms with Crippen molar-refractivity contribution in [2.24, 2.45) is 0 Å². The molecule has 0 unspecified atom stereocenters. The fraction of sp³-hybridized carbons (Fsp3) is 0.150. The summed E-state index contributed by atoms with van der Waals surface area (Å²) in [5.41, 5.74) is 1.04. The van der Waals surface area contributed by atoms with Gasteiger partial charge in [-0.05, 0) is 34.5 Å². The largest absolute Gasteiger partial charge is 0.350 e. The van der Waals surface area contributed by atoms with Gasteiger partial charge in [0.1, 0.15) is 12.4 Å². The van der Waals surface area contributed by atoms with Crippen LogP contribution in [0.25, 0.3) is 10.8 Å². The van der Waals surface area contributed by atoms with Crippen molar-refractivity contribution in [1.82, 2.24) is 5.32 Å². The Morgan fingerprint density at radius 1 is 1.04 bits per heavy atom. The summed E-state index contributed by atoms with van der Waals surface area (Å²) in [6, 6.07) is 18.7. The maximum absolute atomic E-state index is 13.4. The van der Waals surface area contributed by atoms with Crippen molar-refractivity contribution < 1.29 is 17.6 Å². The number of amides is 1. The average Bonchev–Trinajstić information content (AvgIpc) is 2.63. The Balaban J connectivity index is 1.75. The molecule has 7 heteroatoms. The zero-order valence-electron chi connectivity index (χ0n) is 14.7. The van der Waals surface area contributed by atoms with Crippen LogP contribution in [0.2, 0.25) is 0 Å². The number of hydrogen-bond acceptors (Lipinski definition) is 3. The number of benzene rings is 3. The molecule has 0 saturated carbocycles. The van der Waals surface area contributed by atoms with Gasteiger partial charge in [-0.3, -0.25) is 9.10 Å². The molecular weight excluding hydrogens is 367 g/mol. The van der Waals surface area contributed by atoms with Crippen LogP contribution in [-0.4, -0.2) is 27.1 Å². The van der Waals surface area contributed by atoms with Crippen molar-refractivity contribution in [2.45, 2.75) is 6.54 Å². The summed E-state index contributed by atoms with van der Waals surface area (Å²) in [6.07, 6.45) is 0.982. The van der Waals surface area contributed by atoms with Crippen molar-refractivity contribution in [2.75, 3.05) is 17.1 Å². The van der Waals surface area contributed by atoms with E-state index >= 15 is 0 Å². The monoisotopic (exact) mass is 386 g/mol. The maximum atomic E-state index is 13.4.